The number of carbonyl (C=O) groups is 1. The fourth-order valence-corrected chi connectivity index (χ4v) is 7.25. The second-order valence-electron chi connectivity index (χ2n) is 8.16. The molecule has 0 aliphatic carbocycles. The van der Waals surface area contributed by atoms with E-state index < -0.39 is 14.9 Å². The van der Waals surface area contributed by atoms with Crippen LogP contribution in [0.4, 0.5) is 11.4 Å². The quantitative estimate of drug-likeness (QED) is 0.483. The van der Waals surface area contributed by atoms with Crippen molar-refractivity contribution in [2.75, 3.05) is 44.2 Å². The molecule has 2 fully saturated rings. The number of hydrogen-bond acceptors (Lipinski definition) is 7. The Balaban J connectivity index is 1.38. The average Bonchev–Trinajstić information content (AvgIpc) is 3.26. The first-order valence-corrected chi connectivity index (χ1v) is 12.9. The van der Waals surface area contributed by atoms with Crippen LogP contribution in [0.3, 0.4) is 0 Å². The number of piperazine rings is 1. The maximum absolute atomic E-state index is 13.2. The Morgan fingerprint density at radius 2 is 1.88 bits per heavy atom. The van der Waals surface area contributed by atoms with Crippen LogP contribution in [-0.2, 0) is 14.8 Å². The lowest BCUT2D eigenvalue weighted by atomic mass is 9.97. The van der Waals surface area contributed by atoms with Gasteiger partial charge < -0.3 is 9.80 Å². The molecule has 1 atom stereocenters. The number of benzene rings is 1. The number of nitro benzene ring substituents is 1. The molecular formula is C21H26N4O5S2. The highest BCUT2D eigenvalue weighted by Crippen LogP contribution is 2.29. The van der Waals surface area contributed by atoms with Gasteiger partial charge in [-0.3, -0.25) is 14.9 Å². The highest BCUT2D eigenvalue weighted by molar-refractivity contribution is 7.91. The van der Waals surface area contributed by atoms with Gasteiger partial charge in [0.15, 0.2) is 0 Å². The van der Waals surface area contributed by atoms with Crippen molar-refractivity contribution in [2.45, 2.75) is 24.0 Å². The second kappa shape index (κ2) is 9.16. The van der Waals surface area contributed by atoms with Gasteiger partial charge in [-0.1, -0.05) is 6.07 Å². The van der Waals surface area contributed by atoms with Gasteiger partial charge in [0.25, 0.3) is 15.7 Å². The number of carbonyl (C=O) groups excluding carboxylic acids is 1. The molecule has 1 aromatic carbocycles. The van der Waals surface area contributed by atoms with Crippen LogP contribution in [0.15, 0.2) is 40.6 Å². The van der Waals surface area contributed by atoms with E-state index in [1.165, 1.54) is 21.7 Å². The minimum Gasteiger partial charge on any atom is -0.368 e. The molecule has 0 spiro atoms. The molecule has 32 heavy (non-hydrogen) atoms. The summed E-state index contributed by atoms with van der Waals surface area (Å²) >= 11 is 1.25. The van der Waals surface area contributed by atoms with Gasteiger partial charge in [-0.2, -0.15) is 4.31 Å². The summed E-state index contributed by atoms with van der Waals surface area (Å²) in [6.45, 7) is 4.70. The summed E-state index contributed by atoms with van der Waals surface area (Å²) in [4.78, 5) is 28.5. The summed E-state index contributed by atoms with van der Waals surface area (Å²) in [6, 6.07) is 9.94. The number of rotatable bonds is 5. The van der Waals surface area contributed by atoms with E-state index in [1.54, 1.807) is 29.2 Å². The molecule has 1 amide bonds. The molecule has 4 rings (SSSR count). The predicted molar refractivity (Wildman–Crippen MR) is 122 cm³/mol. The van der Waals surface area contributed by atoms with E-state index in [1.807, 2.05) is 17.9 Å². The number of aryl methyl sites for hydroxylation is 1. The first kappa shape index (κ1) is 22.7. The third-order valence-corrected chi connectivity index (χ3v) is 9.37. The number of non-ortho nitro benzene ring substituents is 1. The molecule has 0 saturated carbocycles. The monoisotopic (exact) mass is 478 g/mol. The fraction of sp³-hybridized carbons (Fsp3) is 0.476. The van der Waals surface area contributed by atoms with Crippen LogP contribution in [0.2, 0.25) is 0 Å². The molecule has 9 nitrogen and oxygen atoms in total. The van der Waals surface area contributed by atoms with Crippen molar-refractivity contribution in [3.8, 4) is 0 Å². The lowest BCUT2D eigenvalue weighted by molar-refractivity contribution is -0.384. The molecule has 172 valence electrons. The number of amides is 1. The lowest BCUT2D eigenvalue weighted by Crippen LogP contribution is -2.53. The third kappa shape index (κ3) is 4.64. The minimum atomic E-state index is -3.58. The molecule has 2 aliphatic rings. The van der Waals surface area contributed by atoms with E-state index in [2.05, 4.69) is 0 Å². The zero-order valence-electron chi connectivity index (χ0n) is 17.8. The number of anilines is 1. The summed E-state index contributed by atoms with van der Waals surface area (Å²) in [7, 11) is -3.58. The van der Waals surface area contributed by atoms with Gasteiger partial charge >= 0.3 is 0 Å². The van der Waals surface area contributed by atoms with Crippen molar-refractivity contribution in [2.24, 2.45) is 5.92 Å². The number of nitrogens with zero attached hydrogens (tertiary/aromatic N) is 4. The van der Waals surface area contributed by atoms with Gasteiger partial charge in [-0.25, -0.2) is 8.42 Å². The molecule has 1 aromatic heterocycles. The van der Waals surface area contributed by atoms with Crippen LogP contribution >= 0.6 is 11.3 Å². The molecule has 1 unspecified atom stereocenters. The van der Waals surface area contributed by atoms with Crippen molar-refractivity contribution >= 4 is 38.6 Å². The van der Waals surface area contributed by atoms with Crippen molar-refractivity contribution in [3.05, 3.63) is 51.4 Å². The summed E-state index contributed by atoms with van der Waals surface area (Å²) < 4.78 is 27.7. The Hall–Kier alpha value is -2.50. The molecule has 2 aromatic rings. The van der Waals surface area contributed by atoms with E-state index in [4.69, 9.17) is 0 Å². The van der Waals surface area contributed by atoms with Crippen LogP contribution in [0.1, 0.15) is 17.7 Å². The van der Waals surface area contributed by atoms with Crippen LogP contribution in [0, 0.1) is 23.0 Å². The number of thiophene rings is 1. The number of sulfonamides is 1. The van der Waals surface area contributed by atoms with Gasteiger partial charge in [0.2, 0.25) is 5.91 Å². The number of piperidine rings is 1. The number of hydrogen-bond donors (Lipinski definition) is 0. The third-order valence-electron chi connectivity index (χ3n) is 6.04. The smallest absolute Gasteiger partial charge is 0.271 e. The molecule has 0 N–H and O–H groups in total. The average molecular weight is 479 g/mol. The maximum atomic E-state index is 13.2. The first-order valence-electron chi connectivity index (χ1n) is 10.6. The van der Waals surface area contributed by atoms with E-state index in [0.29, 0.717) is 49.8 Å². The van der Waals surface area contributed by atoms with Crippen LogP contribution < -0.4 is 4.90 Å². The van der Waals surface area contributed by atoms with E-state index in [-0.39, 0.29) is 24.1 Å². The Labute approximate surface area is 191 Å². The van der Waals surface area contributed by atoms with Crippen LogP contribution in [0.25, 0.3) is 0 Å². The molecular weight excluding hydrogens is 452 g/mol. The van der Waals surface area contributed by atoms with Crippen molar-refractivity contribution < 1.29 is 18.1 Å². The zero-order chi connectivity index (χ0) is 22.9. The van der Waals surface area contributed by atoms with Gasteiger partial charge in [-0.15, -0.1) is 11.3 Å². The summed E-state index contributed by atoms with van der Waals surface area (Å²) in [5.74, 6) is -0.352. The highest BCUT2D eigenvalue weighted by Gasteiger charge is 2.36. The lowest BCUT2D eigenvalue weighted by Gasteiger charge is -2.39. The summed E-state index contributed by atoms with van der Waals surface area (Å²) in [6.07, 6.45) is 1.34. The van der Waals surface area contributed by atoms with Crippen molar-refractivity contribution in [1.29, 1.82) is 0 Å². The van der Waals surface area contributed by atoms with E-state index in [0.717, 1.165) is 10.6 Å². The Morgan fingerprint density at radius 1 is 1.12 bits per heavy atom. The van der Waals surface area contributed by atoms with Gasteiger partial charge in [0.05, 0.1) is 10.8 Å². The van der Waals surface area contributed by atoms with Gasteiger partial charge in [-0.05, 0) is 38.0 Å². The summed E-state index contributed by atoms with van der Waals surface area (Å²) in [5.41, 5.74) is 0.818. The summed E-state index contributed by atoms with van der Waals surface area (Å²) in [5, 5.41) is 11.0. The number of nitro groups is 1. The Morgan fingerprint density at radius 3 is 2.53 bits per heavy atom. The van der Waals surface area contributed by atoms with Crippen molar-refractivity contribution in [1.82, 2.24) is 9.21 Å². The normalized spacial score (nSPS) is 20.3. The highest BCUT2D eigenvalue weighted by atomic mass is 32.2. The van der Waals surface area contributed by atoms with Gasteiger partial charge in [0, 0.05) is 62.0 Å². The first-order chi connectivity index (χ1) is 15.3. The fourth-order valence-electron chi connectivity index (χ4n) is 4.29. The standard InChI is InChI=1S/C21H26N4O5S2/c1-16-7-8-20(31-16)32(29,30)24-9-3-4-17(15-24)21(26)23-12-10-22(11-13-23)18-5-2-6-19(14-18)25(27)28/h2,5-8,14,17H,3-4,9-13,15H2,1H3. The predicted octanol–water partition coefficient (Wildman–Crippen LogP) is 2.71. The van der Waals surface area contributed by atoms with Crippen molar-refractivity contribution in [3.63, 3.8) is 0 Å². The topological polar surface area (TPSA) is 104 Å². The zero-order valence-corrected chi connectivity index (χ0v) is 19.5. The SMILES string of the molecule is Cc1ccc(S(=O)(=O)N2CCCC(C(=O)N3CCN(c4cccc([N+](=O)[O-])c4)CC3)C2)s1. The Kier molecular flexibility index (Phi) is 6.50. The minimum absolute atomic E-state index is 0.00838. The molecule has 0 bridgehead atoms. The van der Waals surface area contributed by atoms with Gasteiger partial charge in [0.1, 0.15) is 4.21 Å². The van der Waals surface area contributed by atoms with E-state index in [9.17, 15) is 23.3 Å². The molecule has 3 heterocycles. The van der Waals surface area contributed by atoms with E-state index >= 15 is 0 Å². The maximum Gasteiger partial charge on any atom is 0.271 e. The Bertz CT molecular complexity index is 1110. The molecule has 2 aliphatic heterocycles. The molecule has 2 saturated heterocycles. The molecule has 11 heteroatoms. The molecule has 0 radical (unpaired) electrons. The largest absolute Gasteiger partial charge is 0.368 e. The van der Waals surface area contributed by atoms with Crippen LogP contribution in [-0.4, -0.2) is 67.7 Å². The second-order valence-corrected chi connectivity index (χ2v) is 11.6. The van der Waals surface area contributed by atoms with Crippen LogP contribution in [0.5, 0.6) is 0 Å².